The highest BCUT2D eigenvalue weighted by Crippen LogP contribution is 2.26. The summed E-state index contributed by atoms with van der Waals surface area (Å²) < 4.78 is 30.1. The van der Waals surface area contributed by atoms with Gasteiger partial charge in [0, 0.05) is 20.1 Å². The zero-order chi connectivity index (χ0) is 14.2. The topological polar surface area (TPSA) is 92.7 Å². The van der Waals surface area contributed by atoms with Gasteiger partial charge in [-0.2, -0.15) is 0 Å². The van der Waals surface area contributed by atoms with Crippen LogP contribution in [-0.2, 0) is 19.6 Å². The molecule has 0 spiro atoms. The highest BCUT2D eigenvalue weighted by Gasteiger charge is 2.20. The molecule has 0 aromatic heterocycles. The zero-order valence-electron chi connectivity index (χ0n) is 11.2. The number of sulfonamides is 1. The van der Waals surface area contributed by atoms with E-state index in [1.165, 1.54) is 7.11 Å². The lowest BCUT2D eigenvalue weighted by atomic mass is 9.84. The van der Waals surface area contributed by atoms with Crippen LogP contribution in [0.15, 0.2) is 0 Å². The molecule has 0 atom stereocenters. The molecule has 108 valence electrons. The Morgan fingerprint density at radius 2 is 1.94 bits per heavy atom. The van der Waals surface area contributed by atoms with Crippen LogP contribution < -0.4 is 4.72 Å². The summed E-state index contributed by atoms with van der Waals surface area (Å²) in [6, 6.07) is 0. The number of carboxylic acid groups (broad SMARTS) is 1. The van der Waals surface area contributed by atoms with Crippen LogP contribution in [0.1, 0.15) is 33.1 Å². The summed E-state index contributed by atoms with van der Waals surface area (Å²) in [7, 11) is -1.84. The molecular weight excluding hydrogens is 258 g/mol. The molecule has 2 N–H and O–H groups in total. The van der Waals surface area contributed by atoms with E-state index in [0.29, 0.717) is 19.4 Å². The fourth-order valence-electron chi connectivity index (χ4n) is 1.38. The summed E-state index contributed by atoms with van der Waals surface area (Å²) in [4.78, 5) is 10.5. The van der Waals surface area contributed by atoms with Crippen molar-refractivity contribution in [3.05, 3.63) is 0 Å². The van der Waals surface area contributed by atoms with Gasteiger partial charge in [0.15, 0.2) is 0 Å². The highest BCUT2D eigenvalue weighted by molar-refractivity contribution is 7.89. The molecule has 0 aliphatic carbocycles. The molecule has 0 amide bonds. The molecule has 6 nitrogen and oxygen atoms in total. The van der Waals surface area contributed by atoms with Crippen LogP contribution in [0.25, 0.3) is 0 Å². The molecule has 0 bridgehead atoms. The monoisotopic (exact) mass is 281 g/mol. The summed E-state index contributed by atoms with van der Waals surface area (Å²) >= 11 is 0. The van der Waals surface area contributed by atoms with Gasteiger partial charge < -0.3 is 9.84 Å². The van der Waals surface area contributed by atoms with Crippen LogP contribution in [0.5, 0.6) is 0 Å². The average molecular weight is 281 g/mol. The third kappa shape index (κ3) is 9.38. The zero-order valence-corrected chi connectivity index (χ0v) is 12.0. The molecule has 0 radical (unpaired) electrons. The van der Waals surface area contributed by atoms with Gasteiger partial charge in [-0.25, -0.2) is 13.1 Å². The maximum atomic E-state index is 11.5. The number of nitrogens with one attached hydrogen (secondary N) is 1. The second-order valence-electron chi connectivity index (χ2n) is 5.01. The number of methoxy groups -OCH3 is 1. The number of carboxylic acids is 1. The van der Waals surface area contributed by atoms with E-state index in [4.69, 9.17) is 9.84 Å². The number of hydrogen-bond acceptors (Lipinski definition) is 4. The lowest BCUT2D eigenvalue weighted by Gasteiger charge is -2.23. The van der Waals surface area contributed by atoms with E-state index in [2.05, 4.69) is 4.72 Å². The molecule has 7 heteroatoms. The Hall–Kier alpha value is -0.660. The first-order valence-corrected chi connectivity index (χ1v) is 7.52. The van der Waals surface area contributed by atoms with E-state index in [0.717, 1.165) is 0 Å². The van der Waals surface area contributed by atoms with E-state index < -0.39 is 16.0 Å². The van der Waals surface area contributed by atoms with Gasteiger partial charge in [0.1, 0.15) is 0 Å². The third-order valence-electron chi connectivity index (χ3n) is 2.70. The van der Waals surface area contributed by atoms with Gasteiger partial charge in [0.05, 0.1) is 12.4 Å². The molecule has 0 heterocycles. The van der Waals surface area contributed by atoms with Crippen LogP contribution in [-0.4, -0.2) is 45.5 Å². The summed E-state index contributed by atoms with van der Waals surface area (Å²) in [5.41, 5.74) is -0.192. The molecule has 0 fully saturated rings. The Bertz CT molecular complexity index is 350. The van der Waals surface area contributed by atoms with Crippen LogP contribution in [0, 0.1) is 5.41 Å². The standard InChI is InChI=1S/C11H23NO5S/c1-11(2,5-4-10(13)14)6-7-12-18(15,16)9-8-17-3/h12H,4-9H2,1-3H3,(H,13,14). The van der Waals surface area contributed by atoms with Crippen molar-refractivity contribution in [1.29, 1.82) is 0 Å². The summed E-state index contributed by atoms with van der Waals surface area (Å²) in [6.45, 7) is 4.34. The maximum Gasteiger partial charge on any atom is 0.303 e. The van der Waals surface area contributed by atoms with Crippen LogP contribution in [0.4, 0.5) is 0 Å². The van der Waals surface area contributed by atoms with Crippen molar-refractivity contribution < 1.29 is 23.1 Å². The molecule has 0 saturated heterocycles. The molecule has 0 aliphatic rings. The van der Waals surface area contributed by atoms with Crippen molar-refractivity contribution in [2.45, 2.75) is 33.1 Å². The van der Waals surface area contributed by atoms with E-state index >= 15 is 0 Å². The first-order valence-electron chi connectivity index (χ1n) is 5.87. The van der Waals surface area contributed by atoms with Gasteiger partial charge in [0.2, 0.25) is 10.0 Å². The van der Waals surface area contributed by atoms with Crippen molar-refractivity contribution in [3.8, 4) is 0 Å². The lowest BCUT2D eigenvalue weighted by molar-refractivity contribution is -0.137. The van der Waals surface area contributed by atoms with Gasteiger partial charge in [0.25, 0.3) is 0 Å². The van der Waals surface area contributed by atoms with Crippen molar-refractivity contribution in [3.63, 3.8) is 0 Å². The predicted octanol–water partition coefficient (Wildman–Crippen LogP) is 0.833. The normalized spacial score (nSPS) is 12.6. The summed E-state index contributed by atoms with van der Waals surface area (Å²) in [5, 5.41) is 8.60. The predicted molar refractivity (Wildman–Crippen MR) is 68.9 cm³/mol. The minimum Gasteiger partial charge on any atom is -0.481 e. The summed E-state index contributed by atoms with van der Waals surface area (Å²) in [6.07, 6.45) is 1.23. The van der Waals surface area contributed by atoms with Crippen molar-refractivity contribution in [2.24, 2.45) is 5.41 Å². The number of carbonyl (C=O) groups is 1. The molecule has 18 heavy (non-hydrogen) atoms. The highest BCUT2D eigenvalue weighted by atomic mass is 32.2. The number of aliphatic carboxylic acids is 1. The fourth-order valence-corrected chi connectivity index (χ4v) is 2.32. The molecule has 0 aromatic carbocycles. The Labute approximate surface area is 109 Å². The minimum absolute atomic E-state index is 0.0565. The lowest BCUT2D eigenvalue weighted by Crippen LogP contribution is -2.31. The third-order valence-corrected chi connectivity index (χ3v) is 4.04. The van der Waals surface area contributed by atoms with Gasteiger partial charge >= 0.3 is 5.97 Å². The van der Waals surface area contributed by atoms with Gasteiger partial charge in [-0.3, -0.25) is 4.79 Å². The van der Waals surface area contributed by atoms with Gasteiger partial charge in [-0.1, -0.05) is 13.8 Å². The SMILES string of the molecule is COCCS(=O)(=O)NCCC(C)(C)CCC(=O)O. The molecule has 0 aromatic rings. The smallest absolute Gasteiger partial charge is 0.303 e. The Morgan fingerprint density at radius 3 is 2.44 bits per heavy atom. The Morgan fingerprint density at radius 1 is 1.33 bits per heavy atom. The molecule has 0 rings (SSSR count). The molecular formula is C11H23NO5S. The minimum atomic E-state index is -3.29. The van der Waals surface area contributed by atoms with Crippen molar-refractivity contribution in [1.82, 2.24) is 4.72 Å². The van der Waals surface area contributed by atoms with E-state index in [1.807, 2.05) is 13.8 Å². The van der Waals surface area contributed by atoms with Crippen molar-refractivity contribution >= 4 is 16.0 Å². The van der Waals surface area contributed by atoms with Gasteiger partial charge in [-0.15, -0.1) is 0 Å². The maximum absolute atomic E-state index is 11.5. The Balaban J connectivity index is 3.98. The largest absolute Gasteiger partial charge is 0.481 e. The average Bonchev–Trinajstić information content (AvgIpc) is 2.23. The van der Waals surface area contributed by atoms with E-state index in [9.17, 15) is 13.2 Å². The summed E-state index contributed by atoms with van der Waals surface area (Å²) in [5.74, 6) is -0.886. The van der Waals surface area contributed by atoms with Crippen LogP contribution >= 0.6 is 0 Å². The molecule has 0 saturated carbocycles. The number of ether oxygens (including phenoxy) is 1. The second kappa shape index (κ2) is 7.70. The van der Waals surface area contributed by atoms with Crippen molar-refractivity contribution in [2.75, 3.05) is 26.0 Å². The van der Waals surface area contributed by atoms with E-state index in [1.54, 1.807) is 0 Å². The first kappa shape index (κ1) is 17.3. The van der Waals surface area contributed by atoms with E-state index in [-0.39, 0.29) is 24.2 Å². The number of rotatable bonds is 10. The quantitative estimate of drug-likeness (QED) is 0.619. The Kier molecular flexibility index (Phi) is 7.42. The number of hydrogen-bond donors (Lipinski definition) is 2. The van der Waals surface area contributed by atoms with Crippen LogP contribution in [0.3, 0.4) is 0 Å². The van der Waals surface area contributed by atoms with Gasteiger partial charge in [-0.05, 0) is 18.3 Å². The fraction of sp³-hybridized carbons (Fsp3) is 0.909. The molecule has 0 aliphatic heterocycles. The van der Waals surface area contributed by atoms with Crippen LogP contribution in [0.2, 0.25) is 0 Å². The first-order chi connectivity index (χ1) is 8.18. The second-order valence-corrected chi connectivity index (χ2v) is 6.94. The molecule has 0 unspecified atom stereocenters.